The van der Waals surface area contributed by atoms with Crippen LogP contribution < -0.4 is 10.6 Å². The molecule has 68 valence electrons. The van der Waals surface area contributed by atoms with E-state index in [9.17, 15) is 9.59 Å². The molecule has 1 rings (SSSR count). The number of ketones is 1. The number of thioether (sulfide) groups is 1. The summed E-state index contributed by atoms with van der Waals surface area (Å²) in [6.45, 7) is 1.52. The number of Topliss-reactive ketones (excluding diaryl/α,β-unsaturated/α-hetero) is 1. The average Bonchev–Trinajstić information content (AvgIpc) is 2.51. The van der Waals surface area contributed by atoms with Crippen LogP contribution in [0, 0.1) is 0 Å². The first-order valence-electron chi connectivity index (χ1n) is 3.75. The normalized spacial score (nSPS) is 28.5. The molecule has 0 spiro atoms. The Bertz CT molecular complexity index is 208. The maximum Gasteiger partial charge on any atom is 0.237 e. The van der Waals surface area contributed by atoms with Crippen LogP contribution in [0.25, 0.3) is 0 Å². The van der Waals surface area contributed by atoms with Crippen molar-refractivity contribution in [3.63, 3.8) is 0 Å². The molecule has 1 amide bonds. The Kier molecular flexibility index (Phi) is 3.11. The average molecular weight is 188 g/mol. The minimum absolute atomic E-state index is 0.0498. The van der Waals surface area contributed by atoms with Crippen molar-refractivity contribution >= 4 is 23.5 Å². The second-order valence-corrected chi connectivity index (χ2v) is 3.80. The van der Waals surface area contributed by atoms with Crippen LogP contribution in [0.3, 0.4) is 0 Å². The number of nitrogens with one attached hydrogen (secondary N) is 2. The van der Waals surface area contributed by atoms with Gasteiger partial charge in [0.1, 0.15) is 5.37 Å². The van der Waals surface area contributed by atoms with Crippen molar-refractivity contribution in [1.82, 2.24) is 10.6 Å². The summed E-state index contributed by atoms with van der Waals surface area (Å²) in [7, 11) is 1.59. The van der Waals surface area contributed by atoms with E-state index in [1.165, 1.54) is 18.7 Å². The van der Waals surface area contributed by atoms with Crippen LogP contribution >= 0.6 is 11.8 Å². The highest BCUT2D eigenvalue weighted by atomic mass is 32.2. The Morgan fingerprint density at radius 3 is 2.67 bits per heavy atom. The third-order valence-corrected chi connectivity index (χ3v) is 3.04. The SMILES string of the molecule is CNC(=O)C1CSC(C(C)=O)N1. The van der Waals surface area contributed by atoms with Crippen molar-refractivity contribution in [3.8, 4) is 0 Å². The van der Waals surface area contributed by atoms with Crippen LogP contribution in [0.15, 0.2) is 0 Å². The number of likely N-dealkylation sites (N-methyl/N-ethyl adjacent to an activating group) is 1. The van der Waals surface area contributed by atoms with Gasteiger partial charge in [-0.1, -0.05) is 0 Å². The van der Waals surface area contributed by atoms with Gasteiger partial charge in [0, 0.05) is 12.8 Å². The summed E-state index contributed by atoms with van der Waals surface area (Å²) in [6, 6.07) is -0.214. The van der Waals surface area contributed by atoms with Crippen LogP contribution in [0.1, 0.15) is 6.92 Å². The second-order valence-electron chi connectivity index (χ2n) is 2.66. The van der Waals surface area contributed by atoms with Crippen LogP contribution in [0.2, 0.25) is 0 Å². The Labute approximate surface area is 75.5 Å². The van der Waals surface area contributed by atoms with E-state index in [0.29, 0.717) is 5.75 Å². The quantitative estimate of drug-likeness (QED) is 0.605. The molecule has 0 saturated carbocycles. The Morgan fingerprint density at radius 2 is 2.25 bits per heavy atom. The molecule has 0 aromatic carbocycles. The number of rotatable bonds is 2. The van der Waals surface area contributed by atoms with Crippen molar-refractivity contribution in [2.45, 2.75) is 18.3 Å². The van der Waals surface area contributed by atoms with E-state index in [-0.39, 0.29) is 23.1 Å². The molecule has 0 radical (unpaired) electrons. The van der Waals surface area contributed by atoms with Gasteiger partial charge in [0.25, 0.3) is 0 Å². The Hall–Kier alpha value is -0.550. The first kappa shape index (κ1) is 9.54. The van der Waals surface area contributed by atoms with Crippen molar-refractivity contribution in [2.75, 3.05) is 12.8 Å². The minimum atomic E-state index is -0.214. The van der Waals surface area contributed by atoms with Gasteiger partial charge in [0.15, 0.2) is 5.78 Å². The molecule has 2 N–H and O–H groups in total. The molecule has 2 atom stereocenters. The van der Waals surface area contributed by atoms with E-state index < -0.39 is 0 Å². The molecule has 1 aliphatic rings. The lowest BCUT2D eigenvalue weighted by atomic mass is 10.3. The standard InChI is InChI=1S/C7H12N2O2S/c1-4(10)7-9-5(3-12-7)6(11)8-2/h5,7,9H,3H2,1-2H3,(H,8,11). The smallest absolute Gasteiger partial charge is 0.237 e. The molecule has 1 fully saturated rings. The molecule has 4 nitrogen and oxygen atoms in total. The zero-order valence-corrected chi connectivity index (χ0v) is 7.90. The number of amides is 1. The van der Waals surface area contributed by atoms with E-state index in [1.54, 1.807) is 7.05 Å². The zero-order valence-electron chi connectivity index (χ0n) is 7.09. The highest BCUT2D eigenvalue weighted by Gasteiger charge is 2.31. The molecular weight excluding hydrogens is 176 g/mol. The molecule has 5 heteroatoms. The van der Waals surface area contributed by atoms with Crippen molar-refractivity contribution in [3.05, 3.63) is 0 Å². The van der Waals surface area contributed by atoms with E-state index in [4.69, 9.17) is 0 Å². The van der Waals surface area contributed by atoms with Gasteiger partial charge in [-0.15, -0.1) is 11.8 Å². The summed E-state index contributed by atoms with van der Waals surface area (Å²) >= 11 is 1.48. The van der Waals surface area contributed by atoms with Crippen molar-refractivity contribution < 1.29 is 9.59 Å². The van der Waals surface area contributed by atoms with E-state index in [1.807, 2.05) is 0 Å². The van der Waals surface area contributed by atoms with Crippen molar-refractivity contribution in [1.29, 1.82) is 0 Å². The van der Waals surface area contributed by atoms with Crippen LogP contribution in [-0.2, 0) is 9.59 Å². The van der Waals surface area contributed by atoms with Gasteiger partial charge in [0.2, 0.25) is 5.91 Å². The number of carbonyl (C=O) groups excluding carboxylic acids is 2. The lowest BCUT2D eigenvalue weighted by Crippen LogP contribution is -2.44. The van der Waals surface area contributed by atoms with Gasteiger partial charge >= 0.3 is 0 Å². The largest absolute Gasteiger partial charge is 0.358 e. The maximum atomic E-state index is 11.1. The van der Waals surface area contributed by atoms with Gasteiger partial charge in [-0.2, -0.15) is 0 Å². The van der Waals surface area contributed by atoms with E-state index in [0.717, 1.165) is 0 Å². The number of hydrogen-bond acceptors (Lipinski definition) is 4. The van der Waals surface area contributed by atoms with Gasteiger partial charge in [-0.3, -0.25) is 14.9 Å². The van der Waals surface area contributed by atoms with Crippen molar-refractivity contribution in [2.24, 2.45) is 0 Å². The van der Waals surface area contributed by atoms with Crippen LogP contribution in [0.4, 0.5) is 0 Å². The van der Waals surface area contributed by atoms with Crippen LogP contribution in [0.5, 0.6) is 0 Å². The summed E-state index contributed by atoms with van der Waals surface area (Å²) in [5.74, 6) is 0.696. The second kappa shape index (κ2) is 3.91. The molecule has 0 aliphatic carbocycles. The Balaban J connectivity index is 2.45. The molecule has 0 bridgehead atoms. The number of hydrogen-bond donors (Lipinski definition) is 2. The number of carbonyl (C=O) groups is 2. The molecule has 1 saturated heterocycles. The van der Waals surface area contributed by atoms with Gasteiger partial charge in [-0.25, -0.2) is 0 Å². The maximum absolute atomic E-state index is 11.1. The summed E-state index contributed by atoms with van der Waals surface area (Å²) in [6.07, 6.45) is 0. The van der Waals surface area contributed by atoms with E-state index >= 15 is 0 Å². The topological polar surface area (TPSA) is 58.2 Å². The third kappa shape index (κ3) is 1.98. The molecule has 0 aromatic heterocycles. The fourth-order valence-electron chi connectivity index (χ4n) is 1.03. The first-order valence-corrected chi connectivity index (χ1v) is 4.79. The van der Waals surface area contributed by atoms with Crippen LogP contribution in [-0.4, -0.2) is 35.9 Å². The molecule has 2 unspecified atom stereocenters. The highest BCUT2D eigenvalue weighted by Crippen LogP contribution is 2.19. The monoisotopic (exact) mass is 188 g/mol. The highest BCUT2D eigenvalue weighted by molar-refractivity contribution is 8.00. The lowest BCUT2D eigenvalue weighted by molar-refractivity contribution is -0.122. The zero-order chi connectivity index (χ0) is 9.14. The summed E-state index contributed by atoms with van der Waals surface area (Å²) in [5.41, 5.74) is 0. The summed E-state index contributed by atoms with van der Waals surface area (Å²) < 4.78 is 0. The molecule has 1 aliphatic heterocycles. The Morgan fingerprint density at radius 1 is 1.58 bits per heavy atom. The summed E-state index contributed by atoms with van der Waals surface area (Å²) in [5, 5.41) is 5.28. The van der Waals surface area contributed by atoms with Gasteiger partial charge < -0.3 is 5.32 Å². The first-order chi connectivity index (χ1) is 5.65. The fraction of sp³-hybridized carbons (Fsp3) is 0.714. The van der Waals surface area contributed by atoms with E-state index in [2.05, 4.69) is 10.6 Å². The summed E-state index contributed by atoms with van der Waals surface area (Å²) in [4.78, 5) is 22.0. The molecule has 0 aromatic rings. The predicted octanol–water partition coefficient (Wildman–Crippen LogP) is -0.647. The third-order valence-electron chi connectivity index (χ3n) is 1.71. The molecular formula is C7H12N2O2S. The lowest BCUT2D eigenvalue weighted by Gasteiger charge is -2.08. The predicted molar refractivity (Wildman–Crippen MR) is 47.9 cm³/mol. The van der Waals surface area contributed by atoms with Gasteiger partial charge in [-0.05, 0) is 6.92 Å². The minimum Gasteiger partial charge on any atom is -0.358 e. The van der Waals surface area contributed by atoms with Gasteiger partial charge in [0.05, 0.1) is 6.04 Å². The fourth-order valence-corrected chi connectivity index (χ4v) is 2.16. The molecule has 1 heterocycles. The molecule has 12 heavy (non-hydrogen) atoms.